The molecule has 1 aromatic rings. The Hall–Kier alpha value is -0.860. The van der Waals surface area contributed by atoms with Crippen molar-refractivity contribution < 1.29 is 9.84 Å². The van der Waals surface area contributed by atoms with Crippen molar-refractivity contribution in [1.82, 2.24) is 10.6 Å². The Labute approximate surface area is 174 Å². The summed E-state index contributed by atoms with van der Waals surface area (Å²) in [6.45, 7) is 5.41. The van der Waals surface area contributed by atoms with E-state index in [1.807, 2.05) is 0 Å². The number of nitrogens with one attached hydrogen (secondary N) is 2. The van der Waals surface area contributed by atoms with Crippen LogP contribution >= 0.6 is 24.0 Å². The Balaban J connectivity index is 0.00000243. The third kappa shape index (κ3) is 5.33. The highest BCUT2D eigenvalue weighted by atomic mass is 127. The van der Waals surface area contributed by atoms with Crippen molar-refractivity contribution in [3.63, 3.8) is 0 Å². The number of nitrogens with zero attached hydrogens (tertiary/aromatic N) is 1. The Morgan fingerprint density at radius 3 is 2.38 bits per heavy atom. The zero-order chi connectivity index (χ0) is 17.6. The standard InChI is InChI=1S/C20H31N3O2.HI/c1-2-21-18(23-16-20(24)11-13-25-14-12-20)22-15-19(9-6-10-19)17-7-4-3-5-8-17;/h3-5,7-8,24H,2,6,9-16H2,1H3,(H2,21,22,23);1H. The third-order valence-corrected chi connectivity index (χ3v) is 5.59. The van der Waals surface area contributed by atoms with Gasteiger partial charge < -0.3 is 20.5 Å². The molecule has 26 heavy (non-hydrogen) atoms. The van der Waals surface area contributed by atoms with Gasteiger partial charge in [0.1, 0.15) is 0 Å². The SMILES string of the molecule is CCNC(=NCC1(O)CCOCC1)NCC1(c2ccccc2)CCC1.I. The van der Waals surface area contributed by atoms with Crippen LogP contribution in [0.3, 0.4) is 0 Å². The number of halogens is 1. The second-order valence-electron chi connectivity index (χ2n) is 7.39. The molecule has 2 aliphatic rings. The van der Waals surface area contributed by atoms with Crippen LogP contribution in [-0.4, -0.2) is 49.5 Å². The van der Waals surface area contributed by atoms with Gasteiger partial charge in [0.25, 0.3) is 0 Å². The minimum absolute atomic E-state index is 0. The lowest BCUT2D eigenvalue weighted by Gasteiger charge is -2.43. The number of hydrogen-bond donors (Lipinski definition) is 3. The van der Waals surface area contributed by atoms with Crippen LogP contribution in [0.15, 0.2) is 35.3 Å². The highest BCUT2D eigenvalue weighted by Gasteiger charge is 2.38. The summed E-state index contributed by atoms with van der Waals surface area (Å²) in [5.74, 6) is 0.796. The van der Waals surface area contributed by atoms with Gasteiger partial charge in [-0.25, -0.2) is 0 Å². The number of aliphatic imine (C=N–C) groups is 1. The highest BCUT2D eigenvalue weighted by molar-refractivity contribution is 14.0. The maximum Gasteiger partial charge on any atom is 0.191 e. The van der Waals surface area contributed by atoms with E-state index in [1.165, 1.54) is 24.8 Å². The number of aliphatic hydroxyl groups is 1. The number of hydrogen-bond acceptors (Lipinski definition) is 3. The first kappa shape index (κ1) is 21.4. The van der Waals surface area contributed by atoms with E-state index in [-0.39, 0.29) is 29.4 Å². The van der Waals surface area contributed by atoms with Gasteiger partial charge in [0.05, 0.1) is 12.1 Å². The van der Waals surface area contributed by atoms with Crippen LogP contribution in [-0.2, 0) is 10.2 Å². The molecule has 0 bridgehead atoms. The van der Waals surface area contributed by atoms with Gasteiger partial charge in [-0.15, -0.1) is 24.0 Å². The first-order valence-electron chi connectivity index (χ1n) is 9.54. The van der Waals surface area contributed by atoms with Gasteiger partial charge in [-0.05, 0) is 25.3 Å². The summed E-state index contributed by atoms with van der Waals surface area (Å²) >= 11 is 0. The molecule has 1 saturated heterocycles. The Kier molecular flexibility index (Phi) is 8.16. The van der Waals surface area contributed by atoms with Crippen molar-refractivity contribution in [2.75, 3.05) is 32.8 Å². The second kappa shape index (κ2) is 9.90. The molecule has 0 unspecified atom stereocenters. The Bertz CT molecular complexity index is 570. The summed E-state index contributed by atoms with van der Waals surface area (Å²) in [5.41, 5.74) is 0.897. The predicted molar refractivity (Wildman–Crippen MR) is 116 cm³/mol. The lowest BCUT2D eigenvalue weighted by molar-refractivity contribution is -0.0566. The quantitative estimate of drug-likeness (QED) is 0.338. The van der Waals surface area contributed by atoms with E-state index >= 15 is 0 Å². The monoisotopic (exact) mass is 473 g/mol. The van der Waals surface area contributed by atoms with E-state index in [1.54, 1.807) is 0 Å². The lowest BCUT2D eigenvalue weighted by atomic mass is 9.64. The topological polar surface area (TPSA) is 65.9 Å². The average Bonchev–Trinajstić information content (AvgIpc) is 2.60. The summed E-state index contributed by atoms with van der Waals surface area (Å²) in [4.78, 5) is 4.65. The summed E-state index contributed by atoms with van der Waals surface area (Å²) in [7, 11) is 0. The van der Waals surface area contributed by atoms with Gasteiger partial charge >= 0.3 is 0 Å². The fourth-order valence-corrected chi connectivity index (χ4v) is 3.69. The summed E-state index contributed by atoms with van der Waals surface area (Å²) in [5, 5.41) is 17.4. The van der Waals surface area contributed by atoms with E-state index in [0.717, 1.165) is 19.0 Å². The van der Waals surface area contributed by atoms with Crippen molar-refractivity contribution in [3.8, 4) is 0 Å². The average molecular weight is 473 g/mol. The molecule has 5 nitrogen and oxygen atoms in total. The minimum Gasteiger partial charge on any atom is -0.388 e. The predicted octanol–water partition coefficient (Wildman–Crippen LogP) is 2.82. The largest absolute Gasteiger partial charge is 0.388 e. The molecule has 0 amide bonds. The van der Waals surface area contributed by atoms with Crippen LogP contribution in [0.25, 0.3) is 0 Å². The normalized spacial score (nSPS) is 21.2. The summed E-state index contributed by atoms with van der Waals surface area (Å²) in [6.07, 6.45) is 5.02. The molecule has 3 N–H and O–H groups in total. The minimum atomic E-state index is -0.728. The molecule has 1 aliphatic heterocycles. The first-order chi connectivity index (χ1) is 12.2. The zero-order valence-electron chi connectivity index (χ0n) is 15.7. The van der Waals surface area contributed by atoms with Crippen LogP contribution in [0.1, 0.15) is 44.6 Å². The van der Waals surface area contributed by atoms with E-state index in [0.29, 0.717) is 32.6 Å². The lowest BCUT2D eigenvalue weighted by Crippen LogP contribution is -2.49. The molecule has 1 aromatic carbocycles. The van der Waals surface area contributed by atoms with E-state index in [2.05, 4.69) is 52.9 Å². The molecule has 0 atom stereocenters. The number of benzene rings is 1. The molecule has 1 saturated carbocycles. The van der Waals surface area contributed by atoms with Gasteiger partial charge in [0.2, 0.25) is 0 Å². The smallest absolute Gasteiger partial charge is 0.191 e. The first-order valence-corrected chi connectivity index (χ1v) is 9.54. The molecule has 146 valence electrons. The third-order valence-electron chi connectivity index (χ3n) is 5.59. The van der Waals surface area contributed by atoms with Gasteiger partial charge in [-0.2, -0.15) is 0 Å². The molecule has 1 aliphatic carbocycles. The van der Waals surface area contributed by atoms with E-state index in [4.69, 9.17) is 4.74 Å². The molecular weight excluding hydrogens is 441 g/mol. The molecular formula is C20H32IN3O2. The second-order valence-corrected chi connectivity index (χ2v) is 7.39. The Morgan fingerprint density at radius 1 is 1.12 bits per heavy atom. The fourth-order valence-electron chi connectivity index (χ4n) is 3.69. The zero-order valence-corrected chi connectivity index (χ0v) is 18.0. The van der Waals surface area contributed by atoms with Crippen LogP contribution in [0.2, 0.25) is 0 Å². The maximum absolute atomic E-state index is 10.6. The van der Waals surface area contributed by atoms with Crippen LogP contribution in [0.5, 0.6) is 0 Å². The Morgan fingerprint density at radius 2 is 1.81 bits per heavy atom. The summed E-state index contributed by atoms with van der Waals surface area (Å²) in [6, 6.07) is 10.8. The molecule has 0 aromatic heterocycles. The van der Waals surface area contributed by atoms with Crippen molar-refractivity contribution in [1.29, 1.82) is 0 Å². The molecule has 1 heterocycles. The van der Waals surface area contributed by atoms with Crippen molar-refractivity contribution in [2.45, 2.75) is 50.0 Å². The molecule has 0 spiro atoms. The molecule has 0 radical (unpaired) electrons. The van der Waals surface area contributed by atoms with Crippen LogP contribution in [0.4, 0.5) is 0 Å². The van der Waals surface area contributed by atoms with Crippen molar-refractivity contribution in [3.05, 3.63) is 35.9 Å². The highest BCUT2D eigenvalue weighted by Crippen LogP contribution is 2.43. The molecule has 3 rings (SSSR count). The molecule has 6 heteroatoms. The van der Waals surface area contributed by atoms with Crippen LogP contribution < -0.4 is 10.6 Å². The number of ether oxygens (including phenoxy) is 1. The fraction of sp³-hybridized carbons (Fsp3) is 0.650. The van der Waals surface area contributed by atoms with Gasteiger partial charge in [0.15, 0.2) is 5.96 Å². The number of rotatable bonds is 6. The van der Waals surface area contributed by atoms with Gasteiger partial charge in [-0.3, -0.25) is 4.99 Å². The molecule has 2 fully saturated rings. The van der Waals surface area contributed by atoms with Crippen molar-refractivity contribution >= 4 is 29.9 Å². The van der Waals surface area contributed by atoms with E-state index < -0.39 is 5.60 Å². The van der Waals surface area contributed by atoms with Crippen molar-refractivity contribution in [2.24, 2.45) is 4.99 Å². The van der Waals surface area contributed by atoms with E-state index in [9.17, 15) is 5.11 Å². The van der Waals surface area contributed by atoms with Gasteiger partial charge in [-0.1, -0.05) is 36.8 Å². The summed E-state index contributed by atoms with van der Waals surface area (Å²) < 4.78 is 5.34. The van der Waals surface area contributed by atoms with Crippen LogP contribution in [0, 0.1) is 0 Å². The van der Waals surface area contributed by atoms with Gasteiger partial charge in [0, 0.05) is 44.6 Å². The maximum atomic E-state index is 10.6. The number of guanidine groups is 1.